The highest BCUT2D eigenvalue weighted by atomic mass is 32.2. The molecule has 0 aliphatic heterocycles. The van der Waals surface area contributed by atoms with Crippen LogP contribution in [0.4, 0.5) is 4.39 Å². The molecule has 1 atom stereocenters. The van der Waals surface area contributed by atoms with E-state index >= 15 is 0 Å². The lowest BCUT2D eigenvalue weighted by molar-refractivity contribution is 0.489. The molecule has 0 aliphatic carbocycles. The first-order valence-corrected chi connectivity index (χ1v) is 5.77. The number of rotatable bonds is 5. The van der Waals surface area contributed by atoms with Gasteiger partial charge < -0.3 is 5.73 Å². The summed E-state index contributed by atoms with van der Waals surface area (Å²) in [6.45, 7) is 1.73. The fraction of sp³-hybridized carbons (Fsp3) is 0.455. The summed E-state index contributed by atoms with van der Waals surface area (Å²) in [7, 11) is 0. The minimum Gasteiger partial charge on any atom is -0.324 e. The van der Waals surface area contributed by atoms with E-state index in [1.165, 1.54) is 4.90 Å². The normalized spacial score (nSPS) is 12.8. The van der Waals surface area contributed by atoms with Crippen LogP contribution in [0.25, 0.3) is 0 Å². The van der Waals surface area contributed by atoms with Crippen molar-refractivity contribution in [2.24, 2.45) is 5.73 Å². The van der Waals surface area contributed by atoms with Crippen molar-refractivity contribution in [1.82, 2.24) is 0 Å². The van der Waals surface area contributed by atoms with Gasteiger partial charge in [0, 0.05) is 16.7 Å². The molecule has 0 heterocycles. The van der Waals surface area contributed by atoms with E-state index in [2.05, 4.69) is 6.07 Å². The molecule has 0 saturated carbocycles. The van der Waals surface area contributed by atoms with Gasteiger partial charge in [-0.2, -0.15) is 0 Å². The lowest BCUT2D eigenvalue weighted by Gasteiger charge is -2.07. The van der Waals surface area contributed by atoms with Gasteiger partial charge in [0.2, 0.25) is 0 Å². The molecule has 1 unspecified atom stereocenters. The molecule has 1 nitrogen and oxygen atoms in total. The number of halogens is 1. The number of thioether (sulfide) groups is 1. The zero-order valence-corrected chi connectivity index (χ0v) is 9.19. The highest BCUT2D eigenvalue weighted by Crippen LogP contribution is 2.22. The van der Waals surface area contributed by atoms with Gasteiger partial charge >= 0.3 is 0 Å². The van der Waals surface area contributed by atoms with Crippen LogP contribution in [0.5, 0.6) is 0 Å². The van der Waals surface area contributed by atoms with E-state index < -0.39 is 0 Å². The maximum absolute atomic E-state index is 11.9. The Kier molecular flexibility index (Phi) is 4.98. The molecule has 14 heavy (non-hydrogen) atoms. The van der Waals surface area contributed by atoms with E-state index in [-0.39, 0.29) is 12.7 Å². The van der Waals surface area contributed by atoms with Crippen LogP contribution in [0.1, 0.15) is 24.9 Å². The van der Waals surface area contributed by atoms with Gasteiger partial charge in [-0.25, -0.2) is 0 Å². The molecular formula is C11H16FNS. The van der Waals surface area contributed by atoms with Crippen LogP contribution in [0.2, 0.25) is 0 Å². The molecule has 0 aromatic heterocycles. The van der Waals surface area contributed by atoms with Crippen molar-refractivity contribution in [2.75, 3.05) is 12.4 Å². The quantitative estimate of drug-likeness (QED) is 0.600. The lowest BCUT2D eigenvalue weighted by atomic mass is 10.1. The molecule has 1 aromatic rings. The summed E-state index contributed by atoms with van der Waals surface area (Å²) >= 11 is 1.68. The first-order chi connectivity index (χ1) is 6.74. The van der Waals surface area contributed by atoms with Gasteiger partial charge in [-0.15, -0.1) is 11.8 Å². The smallest absolute Gasteiger partial charge is 0.0902 e. The summed E-state index contributed by atoms with van der Waals surface area (Å²) in [6, 6.07) is 8.19. The molecule has 0 saturated heterocycles. The van der Waals surface area contributed by atoms with Crippen molar-refractivity contribution in [3.63, 3.8) is 0 Å². The molecule has 2 N–H and O–H groups in total. The van der Waals surface area contributed by atoms with Crippen molar-refractivity contribution < 1.29 is 4.39 Å². The van der Waals surface area contributed by atoms with E-state index in [1.54, 1.807) is 11.8 Å². The van der Waals surface area contributed by atoms with E-state index in [9.17, 15) is 4.39 Å². The maximum atomic E-state index is 11.9. The predicted molar refractivity (Wildman–Crippen MR) is 60.4 cm³/mol. The predicted octanol–water partition coefficient (Wildman–Crippen LogP) is 3.16. The topological polar surface area (TPSA) is 26.0 Å². The average Bonchev–Trinajstić information content (AvgIpc) is 2.19. The monoisotopic (exact) mass is 213 g/mol. The average molecular weight is 213 g/mol. The van der Waals surface area contributed by atoms with Gasteiger partial charge in [-0.05, 0) is 31.0 Å². The minimum atomic E-state index is -0.236. The summed E-state index contributed by atoms with van der Waals surface area (Å²) in [5.74, 6) is 0.832. The fourth-order valence-electron chi connectivity index (χ4n) is 1.13. The third kappa shape index (κ3) is 3.68. The van der Waals surface area contributed by atoms with Crippen LogP contribution in [-0.4, -0.2) is 12.4 Å². The van der Waals surface area contributed by atoms with E-state index in [1.807, 2.05) is 25.1 Å². The van der Waals surface area contributed by atoms with Gasteiger partial charge in [0.05, 0.1) is 6.67 Å². The maximum Gasteiger partial charge on any atom is 0.0902 e. The SMILES string of the molecule is CC(N)c1cccc(SCCCF)c1. The molecule has 1 aromatic carbocycles. The Morgan fingerprint density at radius 3 is 2.93 bits per heavy atom. The van der Waals surface area contributed by atoms with Crippen molar-refractivity contribution in [1.29, 1.82) is 0 Å². The highest BCUT2D eigenvalue weighted by Gasteiger charge is 2.00. The molecule has 0 fully saturated rings. The molecule has 3 heteroatoms. The van der Waals surface area contributed by atoms with E-state index in [4.69, 9.17) is 5.73 Å². The van der Waals surface area contributed by atoms with Gasteiger partial charge in [-0.1, -0.05) is 12.1 Å². The standard InChI is InChI=1S/C11H16FNS/c1-9(13)10-4-2-5-11(8-10)14-7-3-6-12/h2,4-5,8-9H,3,6-7,13H2,1H3. The van der Waals surface area contributed by atoms with Gasteiger partial charge in [0.1, 0.15) is 0 Å². The number of benzene rings is 1. The Hall–Kier alpha value is -0.540. The Bertz CT molecular complexity index is 276. The second kappa shape index (κ2) is 6.04. The molecule has 0 aliphatic rings. The molecule has 78 valence electrons. The third-order valence-corrected chi connectivity index (χ3v) is 3.01. The Labute approximate surface area is 88.9 Å². The van der Waals surface area contributed by atoms with Gasteiger partial charge in [0.25, 0.3) is 0 Å². The highest BCUT2D eigenvalue weighted by molar-refractivity contribution is 7.99. The number of nitrogens with two attached hydrogens (primary N) is 1. The van der Waals surface area contributed by atoms with E-state index in [0.717, 1.165) is 11.3 Å². The first-order valence-electron chi connectivity index (χ1n) is 4.78. The Balaban J connectivity index is 2.55. The fourth-order valence-corrected chi connectivity index (χ4v) is 2.02. The lowest BCUT2D eigenvalue weighted by Crippen LogP contribution is -2.04. The molecular weight excluding hydrogens is 197 g/mol. The summed E-state index contributed by atoms with van der Waals surface area (Å²) in [4.78, 5) is 1.17. The summed E-state index contributed by atoms with van der Waals surface area (Å²) in [6.07, 6.45) is 0.618. The van der Waals surface area contributed by atoms with Crippen molar-refractivity contribution in [3.05, 3.63) is 29.8 Å². The molecule has 0 bridgehead atoms. The number of alkyl halides is 1. The number of hydrogen-bond donors (Lipinski definition) is 1. The largest absolute Gasteiger partial charge is 0.324 e. The van der Waals surface area contributed by atoms with Crippen LogP contribution in [-0.2, 0) is 0 Å². The van der Waals surface area contributed by atoms with Crippen LogP contribution in [0.3, 0.4) is 0 Å². The van der Waals surface area contributed by atoms with Crippen LogP contribution in [0, 0.1) is 0 Å². The van der Waals surface area contributed by atoms with Crippen molar-refractivity contribution in [3.8, 4) is 0 Å². The van der Waals surface area contributed by atoms with Crippen molar-refractivity contribution >= 4 is 11.8 Å². The molecule has 1 rings (SSSR count). The number of hydrogen-bond acceptors (Lipinski definition) is 2. The van der Waals surface area contributed by atoms with Gasteiger partial charge in [0.15, 0.2) is 0 Å². The molecule has 0 amide bonds. The molecule has 0 spiro atoms. The first kappa shape index (κ1) is 11.5. The van der Waals surface area contributed by atoms with Crippen LogP contribution < -0.4 is 5.73 Å². The Morgan fingerprint density at radius 2 is 2.29 bits per heavy atom. The second-order valence-corrected chi connectivity index (χ2v) is 4.42. The second-order valence-electron chi connectivity index (χ2n) is 3.25. The minimum absolute atomic E-state index is 0.0664. The third-order valence-electron chi connectivity index (χ3n) is 1.93. The summed E-state index contributed by atoms with van der Waals surface area (Å²) in [5, 5.41) is 0. The zero-order chi connectivity index (χ0) is 10.4. The van der Waals surface area contributed by atoms with E-state index in [0.29, 0.717) is 6.42 Å². The van der Waals surface area contributed by atoms with Crippen molar-refractivity contribution in [2.45, 2.75) is 24.3 Å². The summed E-state index contributed by atoms with van der Waals surface area (Å²) < 4.78 is 11.9. The zero-order valence-electron chi connectivity index (χ0n) is 8.37. The molecule has 0 radical (unpaired) electrons. The van der Waals surface area contributed by atoms with Gasteiger partial charge in [-0.3, -0.25) is 4.39 Å². The van der Waals surface area contributed by atoms with Crippen LogP contribution in [0.15, 0.2) is 29.2 Å². The summed E-state index contributed by atoms with van der Waals surface area (Å²) in [5.41, 5.74) is 6.90. The van der Waals surface area contributed by atoms with Crippen LogP contribution >= 0.6 is 11.8 Å². The Morgan fingerprint density at radius 1 is 1.50 bits per heavy atom.